The Labute approximate surface area is 238 Å². The fourth-order valence-electron chi connectivity index (χ4n) is 4.15. The highest BCUT2D eigenvalue weighted by Crippen LogP contribution is 2.51. The third-order valence-electron chi connectivity index (χ3n) is 5.99. The van der Waals surface area contributed by atoms with Crippen molar-refractivity contribution in [3.05, 3.63) is 93.7 Å². The zero-order valence-electron chi connectivity index (χ0n) is 22.6. The number of hydrogen-bond acceptors (Lipinski definition) is 9. The van der Waals surface area contributed by atoms with Crippen molar-refractivity contribution in [2.45, 2.75) is 44.2 Å². The first kappa shape index (κ1) is 30.0. The van der Waals surface area contributed by atoms with E-state index < -0.39 is 17.4 Å². The van der Waals surface area contributed by atoms with Gasteiger partial charge in [0.05, 0.1) is 47.8 Å². The van der Waals surface area contributed by atoms with Crippen molar-refractivity contribution >= 4 is 34.6 Å². The summed E-state index contributed by atoms with van der Waals surface area (Å²) < 4.78 is 49.0. The molecule has 0 aliphatic rings. The fourth-order valence-corrected chi connectivity index (χ4v) is 7.30. The predicted octanol–water partition coefficient (Wildman–Crippen LogP) is 5.71. The van der Waals surface area contributed by atoms with Gasteiger partial charge in [0.2, 0.25) is 0 Å². The molecule has 0 amide bonds. The van der Waals surface area contributed by atoms with E-state index in [0.29, 0.717) is 28.5 Å². The lowest BCUT2D eigenvalue weighted by Gasteiger charge is -2.15. The molecular formula is C28H32N3O6PS2. The van der Waals surface area contributed by atoms with Crippen LogP contribution in [0.5, 0.6) is 0 Å². The summed E-state index contributed by atoms with van der Waals surface area (Å²) >= 11 is 1.31. The normalized spacial score (nSPS) is 12.1. The van der Waals surface area contributed by atoms with Gasteiger partial charge in [0.15, 0.2) is 15.6 Å². The van der Waals surface area contributed by atoms with Crippen LogP contribution in [0.3, 0.4) is 0 Å². The lowest BCUT2D eigenvalue weighted by molar-refractivity contribution is 0.0985. The molecule has 0 atom stereocenters. The minimum absolute atomic E-state index is 0.0312. The number of benzene rings is 2. The smallest absolute Gasteiger partial charge is 0.309 e. The summed E-state index contributed by atoms with van der Waals surface area (Å²) in [6, 6.07) is 18.1. The maximum absolute atomic E-state index is 13.5. The van der Waals surface area contributed by atoms with Crippen LogP contribution < -0.4 is 0 Å². The number of Topliss-reactive ketones (excluding diaryl/α,β-unsaturated/α-hetero) is 1. The lowest BCUT2D eigenvalue weighted by atomic mass is 10.1. The van der Waals surface area contributed by atoms with Crippen LogP contribution in [0.25, 0.3) is 5.69 Å². The number of nitrogens with zero attached hydrogens (tertiary/aromatic N) is 3. The van der Waals surface area contributed by atoms with Crippen LogP contribution in [0.4, 0.5) is 0 Å². The topological polar surface area (TPSA) is 117 Å². The van der Waals surface area contributed by atoms with E-state index >= 15 is 0 Å². The Morgan fingerprint density at radius 1 is 0.975 bits per heavy atom. The van der Waals surface area contributed by atoms with Crippen molar-refractivity contribution in [1.29, 1.82) is 0 Å². The van der Waals surface area contributed by atoms with Crippen molar-refractivity contribution in [2.24, 2.45) is 0 Å². The van der Waals surface area contributed by atoms with Gasteiger partial charge in [-0.25, -0.2) is 18.1 Å². The van der Waals surface area contributed by atoms with Crippen LogP contribution in [0.15, 0.2) is 70.9 Å². The zero-order chi connectivity index (χ0) is 28.8. The molecule has 2 heterocycles. The molecule has 212 valence electrons. The first-order valence-electron chi connectivity index (χ1n) is 12.9. The third kappa shape index (κ3) is 7.83. The Hall–Kier alpha value is -2.95. The van der Waals surface area contributed by atoms with Crippen LogP contribution in [0, 0.1) is 0 Å². The Kier molecular flexibility index (Phi) is 9.86. The highest BCUT2D eigenvalue weighted by Gasteiger charge is 2.26. The molecule has 0 N–H and O–H groups in total. The monoisotopic (exact) mass is 601 g/mol. The molecule has 0 aliphatic carbocycles. The first-order chi connectivity index (χ1) is 19.1. The maximum Gasteiger partial charge on any atom is 0.336 e. The third-order valence-corrected chi connectivity index (χ3v) is 10.0. The van der Waals surface area contributed by atoms with Gasteiger partial charge in [-0.05, 0) is 62.6 Å². The molecule has 0 radical (unpaired) electrons. The average molecular weight is 602 g/mol. The molecule has 4 aromatic rings. The zero-order valence-corrected chi connectivity index (χ0v) is 25.2. The van der Waals surface area contributed by atoms with E-state index in [1.807, 2.05) is 30.3 Å². The van der Waals surface area contributed by atoms with Gasteiger partial charge in [0, 0.05) is 11.6 Å². The SMILES string of the molecule is CCOP(=O)(Cc1csc(CC(=O)c2cc(CCc3ccccc3)nn2-c2ccc(S(C)(=O)=O)cc2)n1)OCC. The molecule has 0 saturated carbocycles. The van der Waals surface area contributed by atoms with E-state index in [2.05, 4.69) is 4.98 Å². The molecular weight excluding hydrogens is 569 g/mol. The summed E-state index contributed by atoms with van der Waals surface area (Å²) in [7, 11) is -6.67. The molecule has 12 heteroatoms. The van der Waals surface area contributed by atoms with Gasteiger partial charge in [0.25, 0.3) is 0 Å². The molecule has 4 rings (SSSR count). The Morgan fingerprint density at radius 3 is 2.27 bits per heavy atom. The van der Waals surface area contributed by atoms with Gasteiger partial charge >= 0.3 is 7.60 Å². The number of aromatic nitrogens is 3. The molecule has 9 nitrogen and oxygen atoms in total. The van der Waals surface area contributed by atoms with Crippen molar-refractivity contribution < 1.29 is 26.8 Å². The standard InChI is InChI=1S/C28H32N3O6PS2/c1-4-36-38(33,37-5-2)19-23-20-39-28(29-23)18-27(32)26-17-22(12-11-21-9-7-6-8-10-21)30-31(26)24-13-15-25(16-14-24)40(3,34)35/h6-10,13-17,20H,4-5,11-12,18-19H2,1-3H3. The van der Waals surface area contributed by atoms with Crippen molar-refractivity contribution in [3.63, 3.8) is 0 Å². The minimum atomic E-state index is -3.36. The second-order valence-electron chi connectivity index (χ2n) is 9.12. The van der Waals surface area contributed by atoms with Gasteiger partial charge in [-0.15, -0.1) is 11.3 Å². The summed E-state index contributed by atoms with van der Waals surface area (Å²) in [4.78, 5) is 18.2. The first-order valence-corrected chi connectivity index (χ1v) is 17.4. The lowest BCUT2D eigenvalue weighted by Crippen LogP contribution is -2.11. The molecule has 0 unspecified atom stereocenters. The summed E-state index contributed by atoms with van der Waals surface area (Å²) in [6.45, 7) is 4.02. The number of carbonyl (C=O) groups excluding carboxylic acids is 1. The van der Waals surface area contributed by atoms with Crippen molar-refractivity contribution in [1.82, 2.24) is 14.8 Å². The van der Waals surface area contributed by atoms with E-state index in [9.17, 15) is 17.8 Å². The number of aryl methyl sites for hydroxylation is 2. The van der Waals surface area contributed by atoms with Crippen LogP contribution in [0.1, 0.15) is 46.3 Å². The van der Waals surface area contributed by atoms with Crippen LogP contribution >= 0.6 is 18.9 Å². The molecule has 0 aliphatic heterocycles. The van der Waals surface area contributed by atoms with E-state index in [1.54, 1.807) is 42.1 Å². The second kappa shape index (κ2) is 13.1. The van der Waals surface area contributed by atoms with Crippen LogP contribution in [0.2, 0.25) is 0 Å². The summed E-state index contributed by atoms with van der Waals surface area (Å²) in [5, 5.41) is 7.04. The minimum Gasteiger partial charge on any atom is -0.309 e. The van der Waals surface area contributed by atoms with Gasteiger partial charge in [0.1, 0.15) is 10.7 Å². The molecule has 0 fully saturated rings. The fraction of sp³-hybridized carbons (Fsp3) is 0.321. The van der Waals surface area contributed by atoms with Gasteiger partial charge < -0.3 is 9.05 Å². The molecule has 0 bridgehead atoms. The quantitative estimate of drug-likeness (QED) is 0.133. The van der Waals surface area contributed by atoms with E-state index in [-0.39, 0.29) is 36.5 Å². The molecule has 2 aromatic carbocycles. The predicted molar refractivity (Wildman–Crippen MR) is 155 cm³/mol. The number of rotatable bonds is 14. The van der Waals surface area contributed by atoms with Crippen molar-refractivity contribution in [2.75, 3.05) is 19.5 Å². The summed E-state index contributed by atoms with van der Waals surface area (Å²) in [6.07, 6.45) is 2.60. The highest BCUT2D eigenvalue weighted by atomic mass is 32.2. The van der Waals surface area contributed by atoms with Gasteiger partial charge in [-0.1, -0.05) is 30.3 Å². The number of ketones is 1. The Balaban J connectivity index is 1.58. The van der Waals surface area contributed by atoms with Gasteiger partial charge in [-0.3, -0.25) is 9.36 Å². The number of sulfone groups is 1. The van der Waals surface area contributed by atoms with E-state index in [0.717, 1.165) is 23.9 Å². The maximum atomic E-state index is 13.5. The average Bonchev–Trinajstić information content (AvgIpc) is 3.54. The Morgan fingerprint density at radius 2 is 1.65 bits per heavy atom. The number of carbonyl (C=O) groups is 1. The van der Waals surface area contributed by atoms with Crippen LogP contribution in [-0.4, -0.2) is 48.4 Å². The largest absolute Gasteiger partial charge is 0.336 e. The Bertz CT molecular complexity index is 1590. The summed E-state index contributed by atoms with van der Waals surface area (Å²) in [5.41, 5.74) is 3.41. The summed E-state index contributed by atoms with van der Waals surface area (Å²) in [5.74, 6) is -0.190. The highest BCUT2D eigenvalue weighted by molar-refractivity contribution is 7.90. The van der Waals surface area contributed by atoms with Gasteiger partial charge in [-0.2, -0.15) is 5.10 Å². The molecule has 0 saturated heterocycles. The number of thiazole rings is 1. The molecule has 0 spiro atoms. The van der Waals surface area contributed by atoms with Crippen LogP contribution in [-0.2, 0) is 48.9 Å². The molecule has 40 heavy (non-hydrogen) atoms. The molecule has 2 aromatic heterocycles. The second-order valence-corrected chi connectivity index (χ2v) is 14.1. The van der Waals surface area contributed by atoms with E-state index in [4.69, 9.17) is 14.1 Å². The van der Waals surface area contributed by atoms with Crippen molar-refractivity contribution in [3.8, 4) is 5.69 Å². The number of hydrogen-bond donors (Lipinski definition) is 0. The van der Waals surface area contributed by atoms with E-state index in [1.165, 1.54) is 23.5 Å².